The van der Waals surface area contributed by atoms with Crippen molar-refractivity contribution < 1.29 is 14.3 Å². The standard InChI is InChI=1S/C10H16N2O3/c1-4-7(5-2)12-9(13)8(11)10(14)15-6-3/h1,7-8H,5-6,11H2,2-3H3,(H,12,13). The lowest BCUT2D eigenvalue weighted by Gasteiger charge is -2.14. The number of hydrogen-bond acceptors (Lipinski definition) is 4. The number of rotatable bonds is 5. The van der Waals surface area contributed by atoms with E-state index in [1.165, 1.54) is 0 Å². The van der Waals surface area contributed by atoms with Gasteiger partial charge >= 0.3 is 5.97 Å². The van der Waals surface area contributed by atoms with E-state index in [0.29, 0.717) is 6.42 Å². The molecular formula is C10H16N2O3. The van der Waals surface area contributed by atoms with E-state index in [1.807, 2.05) is 6.92 Å². The van der Waals surface area contributed by atoms with Crippen molar-refractivity contribution in [2.45, 2.75) is 32.4 Å². The predicted octanol–water partition coefficient (Wildman–Crippen LogP) is -0.595. The SMILES string of the molecule is C#CC(CC)NC(=O)C(N)C(=O)OCC. The maximum atomic E-state index is 11.4. The third kappa shape index (κ3) is 4.47. The van der Waals surface area contributed by atoms with E-state index in [4.69, 9.17) is 12.2 Å². The first-order valence-electron chi connectivity index (χ1n) is 4.75. The van der Waals surface area contributed by atoms with Gasteiger partial charge in [0, 0.05) is 0 Å². The minimum absolute atomic E-state index is 0.187. The molecule has 0 bridgehead atoms. The van der Waals surface area contributed by atoms with Gasteiger partial charge < -0.3 is 15.8 Å². The van der Waals surface area contributed by atoms with Gasteiger partial charge in [-0.1, -0.05) is 12.8 Å². The zero-order valence-corrected chi connectivity index (χ0v) is 8.95. The first kappa shape index (κ1) is 13.5. The molecule has 0 saturated heterocycles. The molecular weight excluding hydrogens is 196 g/mol. The normalized spacial score (nSPS) is 13.5. The molecule has 0 radical (unpaired) electrons. The smallest absolute Gasteiger partial charge is 0.332 e. The van der Waals surface area contributed by atoms with Gasteiger partial charge in [-0.05, 0) is 13.3 Å². The maximum Gasteiger partial charge on any atom is 0.332 e. The summed E-state index contributed by atoms with van der Waals surface area (Å²) in [6.45, 7) is 3.64. The third-order valence-electron chi connectivity index (χ3n) is 1.75. The Morgan fingerprint density at radius 1 is 1.53 bits per heavy atom. The van der Waals surface area contributed by atoms with Crippen molar-refractivity contribution in [3.63, 3.8) is 0 Å². The Bertz CT molecular complexity index is 270. The largest absolute Gasteiger partial charge is 0.464 e. The molecule has 0 saturated carbocycles. The van der Waals surface area contributed by atoms with E-state index in [2.05, 4.69) is 16.0 Å². The third-order valence-corrected chi connectivity index (χ3v) is 1.75. The first-order valence-corrected chi connectivity index (χ1v) is 4.75. The number of amides is 1. The van der Waals surface area contributed by atoms with Gasteiger partial charge in [0.05, 0.1) is 12.6 Å². The van der Waals surface area contributed by atoms with E-state index >= 15 is 0 Å². The van der Waals surface area contributed by atoms with Crippen LogP contribution in [-0.2, 0) is 14.3 Å². The molecule has 0 rings (SSSR count). The molecule has 0 aromatic carbocycles. The van der Waals surface area contributed by atoms with Crippen molar-refractivity contribution in [1.82, 2.24) is 5.32 Å². The van der Waals surface area contributed by atoms with Crippen molar-refractivity contribution in [3.05, 3.63) is 0 Å². The quantitative estimate of drug-likeness (QED) is 0.362. The fourth-order valence-corrected chi connectivity index (χ4v) is 0.862. The molecule has 0 spiro atoms. The van der Waals surface area contributed by atoms with Crippen LogP contribution in [0.1, 0.15) is 20.3 Å². The molecule has 0 aliphatic carbocycles. The molecule has 84 valence electrons. The molecule has 5 nitrogen and oxygen atoms in total. The van der Waals surface area contributed by atoms with Crippen molar-refractivity contribution >= 4 is 11.9 Å². The average Bonchev–Trinajstić information content (AvgIpc) is 2.24. The molecule has 2 atom stereocenters. The minimum atomic E-state index is -1.31. The van der Waals surface area contributed by atoms with Crippen LogP contribution in [0.25, 0.3) is 0 Å². The number of nitrogens with one attached hydrogen (secondary N) is 1. The molecule has 3 N–H and O–H groups in total. The van der Waals surface area contributed by atoms with Crippen molar-refractivity contribution in [3.8, 4) is 12.3 Å². The van der Waals surface area contributed by atoms with Crippen LogP contribution in [0.3, 0.4) is 0 Å². The zero-order valence-electron chi connectivity index (χ0n) is 8.95. The van der Waals surface area contributed by atoms with Gasteiger partial charge in [-0.25, -0.2) is 4.79 Å². The van der Waals surface area contributed by atoms with Crippen LogP contribution in [-0.4, -0.2) is 30.6 Å². The monoisotopic (exact) mass is 212 g/mol. The van der Waals surface area contributed by atoms with Gasteiger partial charge in [0.15, 0.2) is 6.04 Å². The van der Waals surface area contributed by atoms with Gasteiger partial charge in [-0.2, -0.15) is 0 Å². The molecule has 5 heteroatoms. The number of hydrogen-bond donors (Lipinski definition) is 2. The number of ether oxygens (including phenoxy) is 1. The second-order valence-corrected chi connectivity index (χ2v) is 2.87. The van der Waals surface area contributed by atoms with Gasteiger partial charge in [-0.3, -0.25) is 4.79 Å². The predicted molar refractivity (Wildman–Crippen MR) is 55.7 cm³/mol. The number of carbonyl (C=O) groups excluding carboxylic acids is 2. The molecule has 0 heterocycles. The van der Waals surface area contributed by atoms with Gasteiger partial charge in [0.25, 0.3) is 0 Å². The van der Waals surface area contributed by atoms with Crippen molar-refractivity contribution in [1.29, 1.82) is 0 Å². The van der Waals surface area contributed by atoms with Gasteiger partial charge in [-0.15, -0.1) is 6.42 Å². The van der Waals surface area contributed by atoms with Crippen LogP contribution in [0.4, 0.5) is 0 Å². The molecule has 0 aliphatic heterocycles. The Kier molecular flexibility index (Phi) is 6.14. The Hall–Kier alpha value is -1.54. The number of esters is 1. The Balaban J connectivity index is 4.21. The van der Waals surface area contributed by atoms with Crippen LogP contribution in [0.5, 0.6) is 0 Å². The summed E-state index contributed by atoms with van der Waals surface area (Å²) in [5.74, 6) is 1.01. The van der Waals surface area contributed by atoms with E-state index in [1.54, 1.807) is 6.92 Å². The molecule has 0 aliphatic rings. The van der Waals surface area contributed by atoms with Crippen LogP contribution < -0.4 is 11.1 Å². The number of carbonyl (C=O) groups is 2. The fourth-order valence-electron chi connectivity index (χ4n) is 0.862. The summed E-state index contributed by atoms with van der Waals surface area (Å²) >= 11 is 0. The lowest BCUT2D eigenvalue weighted by molar-refractivity contribution is -0.148. The maximum absolute atomic E-state index is 11.4. The van der Waals surface area contributed by atoms with Gasteiger partial charge in [0.2, 0.25) is 5.91 Å². The number of nitrogens with two attached hydrogens (primary N) is 1. The van der Waals surface area contributed by atoms with E-state index in [9.17, 15) is 9.59 Å². The second kappa shape index (κ2) is 6.85. The average molecular weight is 212 g/mol. The summed E-state index contributed by atoms with van der Waals surface area (Å²) in [7, 11) is 0. The highest BCUT2D eigenvalue weighted by molar-refractivity contribution is 6.01. The van der Waals surface area contributed by atoms with E-state index in [-0.39, 0.29) is 6.61 Å². The lowest BCUT2D eigenvalue weighted by Crippen LogP contribution is -2.49. The highest BCUT2D eigenvalue weighted by atomic mass is 16.5. The van der Waals surface area contributed by atoms with Crippen LogP contribution in [0.15, 0.2) is 0 Å². The molecule has 2 unspecified atom stereocenters. The summed E-state index contributed by atoms with van der Waals surface area (Å²) < 4.78 is 4.60. The first-order chi connectivity index (χ1) is 7.06. The molecule has 0 fully saturated rings. The second-order valence-electron chi connectivity index (χ2n) is 2.87. The Morgan fingerprint density at radius 2 is 2.13 bits per heavy atom. The Labute approximate surface area is 89.3 Å². The fraction of sp³-hybridized carbons (Fsp3) is 0.600. The summed E-state index contributed by atoms with van der Waals surface area (Å²) in [4.78, 5) is 22.4. The van der Waals surface area contributed by atoms with Crippen LogP contribution in [0.2, 0.25) is 0 Å². The zero-order chi connectivity index (χ0) is 11.8. The Morgan fingerprint density at radius 3 is 2.53 bits per heavy atom. The molecule has 15 heavy (non-hydrogen) atoms. The topological polar surface area (TPSA) is 81.4 Å². The summed E-state index contributed by atoms with van der Waals surface area (Å²) in [5.41, 5.74) is 5.35. The van der Waals surface area contributed by atoms with Crippen LogP contribution >= 0.6 is 0 Å². The summed E-state index contributed by atoms with van der Waals surface area (Å²) in [6.07, 6.45) is 5.73. The van der Waals surface area contributed by atoms with Crippen molar-refractivity contribution in [2.75, 3.05) is 6.61 Å². The van der Waals surface area contributed by atoms with Gasteiger partial charge in [0.1, 0.15) is 0 Å². The molecule has 0 aromatic heterocycles. The molecule has 0 aromatic rings. The number of terminal acetylenes is 1. The summed E-state index contributed by atoms with van der Waals surface area (Å²) in [6, 6.07) is -1.72. The van der Waals surface area contributed by atoms with E-state index in [0.717, 1.165) is 0 Å². The van der Waals surface area contributed by atoms with E-state index < -0.39 is 24.0 Å². The summed E-state index contributed by atoms with van der Waals surface area (Å²) in [5, 5.41) is 2.45. The van der Waals surface area contributed by atoms with Crippen LogP contribution in [0, 0.1) is 12.3 Å². The minimum Gasteiger partial charge on any atom is -0.464 e. The highest BCUT2D eigenvalue weighted by Crippen LogP contribution is 1.91. The van der Waals surface area contributed by atoms with Crippen molar-refractivity contribution in [2.24, 2.45) is 5.73 Å². The molecule has 1 amide bonds. The lowest BCUT2D eigenvalue weighted by atomic mass is 10.2. The highest BCUT2D eigenvalue weighted by Gasteiger charge is 2.24.